The summed E-state index contributed by atoms with van der Waals surface area (Å²) in [6.45, 7) is 7.92. The predicted octanol–water partition coefficient (Wildman–Crippen LogP) is 4.29. The van der Waals surface area contributed by atoms with E-state index in [4.69, 9.17) is 4.98 Å². The molecule has 3 nitrogen and oxygen atoms in total. The second kappa shape index (κ2) is 7.10. The lowest BCUT2D eigenvalue weighted by molar-refractivity contribution is 0.614. The molecule has 2 heterocycles. The fourth-order valence-corrected chi connectivity index (χ4v) is 4.46. The number of nitrogens with one attached hydrogen (secondary N) is 1. The third kappa shape index (κ3) is 3.78. The molecule has 1 atom stereocenters. The molecule has 2 aliphatic rings. The second-order valence-corrected chi connectivity index (χ2v) is 7.71. The van der Waals surface area contributed by atoms with Crippen molar-refractivity contribution < 1.29 is 0 Å². The topological polar surface area (TPSA) is 28.2 Å². The van der Waals surface area contributed by atoms with E-state index in [0.29, 0.717) is 6.04 Å². The van der Waals surface area contributed by atoms with E-state index < -0.39 is 0 Å². The van der Waals surface area contributed by atoms with Crippen molar-refractivity contribution in [2.24, 2.45) is 0 Å². The van der Waals surface area contributed by atoms with E-state index in [2.05, 4.69) is 24.1 Å². The van der Waals surface area contributed by atoms with Crippen LogP contribution in [0.15, 0.2) is 0 Å². The van der Waals surface area contributed by atoms with Gasteiger partial charge in [0.25, 0.3) is 0 Å². The van der Waals surface area contributed by atoms with E-state index in [9.17, 15) is 0 Å². The molecule has 1 aliphatic carbocycles. The van der Waals surface area contributed by atoms with Crippen LogP contribution in [0.5, 0.6) is 0 Å². The zero-order chi connectivity index (χ0) is 14.7. The number of hydrogen-bond acceptors (Lipinski definition) is 4. The molecular weight excluding hydrogens is 278 g/mol. The van der Waals surface area contributed by atoms with Crippen LogP contribution in [0.3, 0.4) is 0 Å². The first-order chi connectivity index (χ1) is 10.3. The molecule has 3 rings (SSSR count). The Morgan fingerprint density at radius 1 is 1.24 bits per heavy atom. The largest absolute Gasteiger partial charge is 0.345 e. The number of hydrogen-bond donors (Lipinski definition) is 1. The Labute approximate surface area is 133 Å². The van der Waals surface area contributed by atoms with Gasteiger partial charge in [0.2, 0.25) is 0 Å². The zero-order valence-corrected chi connectivity index (χ0v) is 14.3. The number of rotatable bonds is 6. The van der Waals surface area contributed by atoms with E-state index in [-0.39, 0.29) is 0 Å². The molecule has 0 radical (unpaired) electrons. The Morgan fingerprint density at radius 3 is 2.86 bits per heavy atom. The lowest BCUT2D eigenvalue weighted by Gasteiger charge is -2.26. The molecule has 1 aromatic heterocycles. The first kappa shape index (κ1) is 15.3. The quantitative estimate of drug-likeness (QED) is 0.795. The minimum Gasteiger partial charge on any atom is -0.345 e. The Kier molecular flexibility index (Phi) is 5.17. The van der Waals surface area contributed by atoms with Gasteiger partial charge < -0.3 is 10.2 Å². The maximum Gasteiger partial charge on any atom is 0.186 e. The van der Waals surface area contributed by atoms with Crippen LogP contribution in [0.4, 0.5) is 5.13 Å². The lowest BCUT2D eigenvalue weighted by Crippen LogP contribution is -2.32. The summed E-state index contributed by atoms with van der Waals surface area (Å²) in [5.74, 6) is 0.760. The minimum atomic E-state index is 0.655. The van der Waals surface area contributed by atoms with Crippen LogP contribution in [0, 0.1) is 0 Å². The van der Waals surface area contributed by atoms with Crippen LogP contribution in [0.25, 0.3) is 0 Å². The molecule has 118 valence electrons. The van der Waals surface area contributed by atoms with Crippen LogP contribution in [-0.4, -0.2) is 24.1 Å². The van der Waals surface area contributed by atoms with E-state index in [1.54, 1.807) is 0 Å². The molecule has 1 saturated heterocycles. The summed E-state index contributed by atoms with van der Waals surface area (Å²) in [6.07, 6.45) is 9.30. The van der Waals surface area contributed by atoms with Gasteiger partial charge in [-0.1, -0.05) is 19.8 Å². The fraction of sp³-hybridized carbons (Fsp3) is 0.824. The fourth-order valence-electron chi connectivity index (χ4n) is 3.21. The van der Waals surface area contributed by atoms with Crippen molar-refractivity contribution >= 4 is 16.5 Å². The Hall–Kier alpha value is -0.610. The zero-order valence-electron chi connectivity index (χ0n) is 13.5. The van der Waals surface area contributed by atoms with Gasteiger partial charge in [-0.05, 0) is 45.6 Å². The van der Waals surface area contributed by atoms with Gasteiger partial charge in [0.15, 0.2) is 5.13 Å². The van der Waals surface area contributed by atoms with Crippen molar-refractivity contribution in [2.45, 2.75) is 77.3 Å². The Balaban J connectivity index is 1.76. The molecule has 1 aromatic rings. The number of nitrogens with zero attached hydrogens (tertiary/aromatic N) is 2. The van der Waals surface area contributed by atoms with Gasteiger partial charge in [-0.25, -0.2) is 4.98 Å². The summed E-state index contributed by atoms with van der Waals surface area (Å²) < 4.78 is 0. The summed E-state index contributed by atoms with van der Waals surface area (Å²) in [6, 6.07) is 0.655. The van der Waals surface area contributed by atoms with Gasteiger partial charge in [-0.2, -0.15) is 0 Å². The maximum absolute atomic E-state index is 5.07. The highest BCUT2D eigenvalue weighted by atomic mass is 32.1. The first-order valence-electron chi connectivity index (χ1n) is 8.76. The molecule has 1 unspecified atom stereocenters. The summed E-state index contributed by atoms with van der Waals surface area (Å²) in [7, 11) is 0. The van der Waals surface area contributed by atoms with Crippen molar-refractivity contribution in [3.63, 3.8) is 0 Å². The van der Waals surface area contributed by atoms with Crippen molar-refractivity contribution in [2.75, 3.05) is 18.0 Å². The normalized spacial score (nSPS) is 23.3. The van der Waals surface area contributed by atoms with Gasteiger partial charge in [0.1, 0.15) is 0 Å². The molecule has 0 amide bonds. The molecule has 0 aromatic carbocycles. The predicted molar refractivity (Wildman–Crippen MR) is 91.4 cm³/mol. The van der Waals surface area contributed by atoms with Gasteiger partial charge in [0.05, 0.1) is 5.69 Å². The highest BCUT2D eigenvalue weighted by molar-refractivity contribution is 7.15. The van der Waals surface area contributed by atoms with Gasteiger partial charge >= 0.3 is 0 Å². The number of anilines is 1. The smallest absolute Gasteiger partial charge is 0.186 e. The van der Waals surface area contributed by atoms with Crippen LogP contribution in [0.1, 0.15) is 75.3 Å². The van der Waals surface area contributed by atoms with Crippen molar-refractivity contribution in [3.8, 4) is 0 Å². The first-order valence-corrected chi connectivity index (χ1v) is 9.58. The Morgan fingerprint density at radius 2 is 2.10 bits per heavy atom. The van der Waals surface area contributed by atoms with Gasteiger partial charge in [0, 0.05) is 29.9 Å². The van der Waals surface area contributed by atoms with Crippen molar-refractivity contribution in [1.29, 1.82) is 0 Å². The molecule has 21 heavy (non-hydrogen) atoms. The van der Waals surface area contributed by atoms with Gasteiger partial charge in [-0.3, -0.25) is 0 Å². The third-order valence-corrected chi connectivity index (χ3v) is 5.80. The number of thiazole rings is 1. The monoisotopic (exact) mass is 307 g/mol. The van der Waals surface area contributed by atoms with Crippen LogP contribution in [0.2, 0.25) is 0 Å². The maximum atomic E-state index is 5.07. The number of aromatic nitrogens is 1. The van der Waals surface area contributed by atoms with E-state index in [0.717, 1.165) is 19.0 Å². The van der Waals surface area contributed by atoms with E-state index in [1.807, 2.05) is 11.3 Å². The third-order valence-electron chi connectivity index (χ3n) is 4.69. The molecule has 0 spiro atoms. The van der Waals surface area contributed by atoms with Crippen LogP contribution in [-0.2, 0) is 6.54 Å². The SMILES string of the molecule is CCCNCc1sc(N2CCCCCC2C)nc1C1CC1. The molecule has 1 aliphatic heterocycles. The Bertz CT molecular complexity index is 453. The standard InChI is InChI=1S/C17H29N3S/c1-3-10-18-12-15-16(14-8-9-14)19-17(21-15)20-11-6-4-5-7-13(20)2/h13-14,18H,3-12H2,1-2H3. The molecule has 1 saturated carbocycles. The highest BCUT2D eigenvalue weighted by Gasteiger charge is 2.31. The molecule has 1 N–H and O–H groups in total. The molecule has 0 bridgehead atoms. The van der Waals surface area contributed by atoms with Crippen LogP contribution >= 0.6 is 11.3 Å². The molecular formula is C17H29N3S. The summed E-state index contributed by atoms with van der Waals surface area (Å²) in [5.41, 5.74) is 1.41. The average Bonchev–Trinajstić information content (AvgIpc) is 3.27. The van der Waals surface area contributed by atoms with Crippen molar-refractivity contribution in [1.82, 2.24) is 10.3 Å². The van der Waals surface area contributed by atoms with E-state index >= 15 is 0 Å². The minimum absolute atomic E-state index is 0.655. The summed E-state index contributed by atoms with van der Waals surface area (Å²) >= 11 is 1.95. The lowest BCUT2D eigenvalue weighted by atomic mass is 10.1. The highest BCUT2D eigenvalue weighted by Crippen LogP contribution is 2.44. The van der Waals surface area contributed by atoms with Crippen molar-refractivity contribution in [3.05, 3.63) is 10.6 Å². The van der Waals surface area contributed by atoms with Gasteiger partial charge in [-0.15, -0.1) is 11.3 Å². The summed E-state index contributed by atoms with van der Waals surface area (Å²) in [5, 5.41) is 4.86. The van der Waals surface area contributed by atoms with Crippen LogP contribution < -0.4 is 10.2 Å². The summed E-state index contributed by atoms with van der Waals surface area (Å²) in [4.78, 5) is 9.14. The van der Waals surface area contributed by atoms with E-state index in [1.165, 1.54) is 67.2 Å². The molecule has 4 heteroatoms. The second-order valence-electron chi connectivity index (χ2n) is 6.65. The molecule has 2 fully saturated rings. The average molecular weight is 308 g/mol.